The van der Waals surface area contributed by atoms with E-state index in [4.69, 9.17) is 4.74 Å². The summed E-state index contributed by atoms with van der Waals surface area (Å²) >= 11 is 0. The molecule has 0 saturated heterocycles. The number of aryl methyl sites for hydroxylation is 1. The van der Waals surface area contributed by atoms with Crippen LogP contribution in [0.5, 0.6) is 5.75 Å². The highest BCUT2D eigenvalue weighted by Gasteiger charge is 2.25. The minimum absolute atomic E-state index is 0.650. The molecule has 1 unspecified atom stereocenters. The Balaban J connectivity index is 2.01. The Bertz CT molecular complexity index is 565. The van der Waals surface area contributed by atoms with Gasteiger partial charge in [-0.3, -0.25) is 0 Å². The van der Waals surface area contributed by atoms with Crippen LogP contribution in [0.4, 0.5) is 0 Å². The Hall–Kier alpha value is -1.88. The van der Waals surface area contributed by atoms with Crippen molar-refractivity contribution < 1.29 is 9.84 Å². The minimum atomic E-state index is -0.775. The second-order valence-corrected chi connectivity index (χ2v) is 4.39. The van der Waals surface area contributed by atoms with E-state index < -0.39 is 6.10 Å². The number of hydrogen-bond acceptors (Lipinski definition) is 4. The number of fused-ring (bicyclic) bond motifs is 1. The number of hydrogen-bond donors (Lipinski definition) is 1. The number of aromatic nitrogens is 3. The normalized spacial score (nSPS) is 15.4. The van der Waals surface area contributed by atoms with Gasteiger partial charge >= 0.3 is 0 Å². The first-order chi connectivity index (χ1) is 8.81. The SMILES string of the molecule is COc1ccccc1C(O)c1nnn2c1CCC2. The average Bonchev–Trinajstić information content (AvgIpc) is 3.00. The molecule has 5 heteroatoms. The van der Waals surface area contributed by atoms with Gasteiger partial charge in [0.25, 0.3) is 0 Å². The third-order valence-corrected chi connectivity index (χ3v) is 3.34. The second-order valence-electron chi connectivity index (χ2n) is 4.39. The van der Waals surface area contributed by atoms with E-state index in [1.54, 1.807) is 7.11 Å². The fourth-order valence-corrected chi connectivity index (χ4v) is 2.43. The summed E-state index contributed by atoms with van der Waals surface area (Å²) in [5.41, 5.74) is 2.42. The maximum Gasteiger partial charge on any atom is 0.128 e. The predicted molar refractivity (Wildman–Crippen MR) is 65.4 cm³/mol. The van der Waals surface area contributed by atoms with E-state index >= 15 is 0 Å². The van der Waals surface area contributed by atoms with Crippen LogP contribution in [-0.4, -0.2) is 27.2 Å². The number of aliphatic hydroxyl groups excluding tert-OH is 1. The van der Waals surface area contributed by atoms with E-state index in [1.165, 1.54) is 0 Å². The van der Waals surface area contributed by atoms with Crippen molar-refractivity contribution in [2.24, 2.45) is 0 Å². The summed E-state index contributed by atoms with van der Waals surface area (Å²) in [5, 5.41) is 18.6. The molecule has 0 bridgehead atoms. The maximum absolute atomic E-state index is 10.5. The average molecular weight is 245 g/mol. The van der Waals surface area contributed by atoms with Crippen LogP contribution < -0.4 is 4.74 Å². The Morgan fingerprint density at radius 1 is 1.39 bits per heavy atom. The van der Waals surface area contributed by atoms with Crippen molar-refractivity contribution in [3.8, 4) is 5.75 Å². The molecule has 2 aromatic rings. The molecule has 0 fully saturated rings. The molecule has 0 radical (unpaired) electrons. The first-order valence-electron chi connectivity index (χ1n) is 6.04. The Morgan fingerprint density at radius 3 is 3.06 bits per heavy atom. The molecule has 3 rings (SSSR count). The fourth-order valence-electron chi connectivity index (χ4n) is 2.43. The van der Waals surface area contributed by atoms with Crippen LogP contribution >= 0.6 is 0 Å². The summed E-state index contributed by atoms with van der Waals surface area (Å²) in [4.78, 5) is 0. The lowest BCUT2D eigenvalue weighted by Gasteiger charge is -2.13. The Morgan fingerprint density at radius 2 is 2.22 bits per heavy atom. The molecule has 0 spiro atoms. The molecule has 1 atom stereocenters. The van der Waals surface area contributed by atoms with E-state index in [-0.39, 0.29) is 0 Å². The van der Waals surface area contributed by atoms with Gasteiger partial charge in [-0.25, -0.2) is 4.68 Å². The van der Waals surface area contributed by atoms with Crippen LogP contribution in [0.15, 0.2) is 24.3 Å². The molecule has 1 aliphatic rings. The zero-order valence-corrected chi connectivity index (χ0v) is 10.2. The standard InChI is InChI=1S/C13H15N3O2/c1-18-11-7-3-2-5-9(11)13(17)12-10-6-4-8-16(10)15-14-12/h2-3,5,7,13,17H,4,6,8H2,1H3. The van der Waals surface area contributed by atoms with E-state index in [2.05, 4.69) is 10.3 Å². The smallest absolute Gasteiger partial charge is 0.128 e. The molecule has 1 aromatic carbocycles. The van der Waals surface area contributed by atoms with Crippen molar-refractivity contribution in [3.05, 3.63) is 41.2 Å². The number of aliphatic hydroxyl groups is 1. The van der Waals surface area contributed by atoms with Crippen molar-refractivity contribution in [1.82, 2.24) is 15.0 Å². The molecule has 1 N–H and O–H groups in total. The van der Waals surface area contributed by atoms with Crippen molar-refractivity contribution in [2.45, 2.75) is 25.5 Å². The van der Waals surface area contributed by atoms with Gasteiger partial charge in [0.1, 0.15) is 17.5 Å². The third kappa shape index (κ3) is 1.67. The van der Waals surface area contributed by atoms with Crippen LogP contribution in [-0.2, 0) is 13.0 Å². The number of para-hydroxylation sites is 1. The summed E-state index contributed by atoms with van der Waals surface area (Å²) < 4.78 is 7.14. The van der Waals surface area contributed by atoms with Gasteiger partial charge < -0.3 is 9.84 Å². The second kappa shape index (κ2) is 4.42. The monoisotopic (exact) mass is 245 g/mol. The Labute approximate surface area is 105 Å². The molecule has 0 saturated carbocycles. The lowest BCUT2D eigenvalue weighted by Crippen LogP contribution is -2.05. The first-order valence-corrected chi connectivity index (χ1v) is 6.04. The maximum atomic E-state index is 10.5. The topological polar surface area (TPSA) is 60.2 Å². The molecule has 0 amide bonds. The first kappa shape index (κ1) is 11.2. The minimum Gasteiger partial charge on any atom is -0.496 e. The molecular formula is C13H15N3O2. The fraction of sp³-hybridized carbons (Fsp3) is 0.385. The number of benzene rings is 1. The summed E-state index contributed by atoms with van der Waals surface area (Å²) in [6.45, 7) is 0.890. The lowest BCUT2D eigenvalue weighted by atomic mass is 10.0. The van der Waals surface area contributed by atoms with E-state index in [1.807, 2.05) is 28.9 Å². The van der Waals surface area contributed by atoms with E-state index in [0.29, 0.717) is 11.4 Å². The highest BCUT2D eigenvalue weighted by molar-refractivity contribution is 5.39. The van der Waals surface area contributed by atoms with Crippen molar-refractivity contribution in [2.75, 3.05) is 7.11 Å². The summed E-state index contributed by atoms with van der Waals surface area (Å²) in [5.74, 6) is 0.671. The van der Waals surface area contributed by atoms with Gasteiger partial charge in [-0.05, 0) is 18.9 Å². The van der Waals surface area contributed by atoms with Gasteiger partial charge in [0, 0.05) is 12.1 Å². The number of ether oxygens (including phenoxy) is 1. The molecule has 18 heavy (non-hydrogen) atoms. The lowest BCUT2D eigenvalue weighted by molar-refractivity contribution is 0.208. The molecule has 5 nitrogen and oxygen atoms in total. The van der Waals surface area contributed by atoms with Gasteiger partial charge in [0.05, 0.1) is 12.8 Å². The van der Waals surface area contributed by atoms with Crippen LogP contribution in [0.25, 0.3) is 0 Å². The quantitative estimate of drug-likeness (QED) is 0.885. The van der Waals surface area contributed by atoms with Crippen LogP contribution in [0, 0.1) is 0 Å². The highest BCUT2D eigenvalue weighted by atomic mass is 16.5. The van der Waals surface area contributed by atoms with Gasteiger partial charge in [-0.15, -0.1) is 5.10 Å². The largest absolute Gasteiger partial charge is 0.496 e. The van der Waals surface area contributed by atoms with Crippen LogP contribution in [0.2, 0.25) is 0 Å². The third-order valence-electron chi connectivity index (χ3n) is 3.34. The summed E-state index contributed by atoms with van der Waals surface area (Å²) in [6.07, 6.45) is 1.22. The number of methoxy groups -OCH3 is 1. The van der Waals surface area contributed by atoms with Gasteiger partial charge in [0.15, 0.2) is 0 Å². The van der Waals surface area contributed by atoms with Gasteiger partial charge in [-0.1, -0.05) is 23.4 Å². The van der Waals surface area contributed by atoms with E-state index in [0.717, 1.165) is 30.6 Å². The zero-order chi connectivity index (χ0) is 12.5. The molecule has 1 aromatic heterocycles. The molecule has 1 aliphatic heterocycles. The van der Waals surface area contributed by atoms with Gasteiger partial charge in [-0.2, -0.15) is 0 Å². The Kier molecular flexibility index (Phi) is 2.76. The van der Waals surface area contributed by atoms with E-state index in [9.17, 15) is 5.11 Å². The number of nitrogens with zero attached hydrogens (tertiary/aromatic N) is 3. The van der Waals surface area contributed by atoms with Crippen molar-refractivity contribution in [1.29, 1.82) is 0 Å². The molecule has 94 valence electrons. The highest BCUT2D eigenvalue weighted by Crippen LogP contribution is 2.31. The molecule has 0 aliphatic carbocycles. The van der Waals surface area contributed by atoms with Crippen LogP contribution in [0.3, 0.4) is 0 Å². The van der Waals surface area contributed by atoms with Crippen molar-refractivity contribution in [3.63, 3.8) is 0 Å². The summed E-state index contributed by atoms with van der Waals surface area (Å²) in [7, 11) is 1.60. The predicted octanol–water partition coefficient (Wildman–Crippen LogP) is 1.31. The van der Waals surface area contributed by atoms with Crippen molar-refractivity contribution >= 4 is 0 Å². The number of rotatable bonds is 3. The molecule has 2 heterocycles. The van der Waals surface area contributed by atoms with Crippen LogP contribution in [0.1, 0.15) is 29.5 Å². The summed E-state index contributed by atoms with van der Waals surface area (Å²) in [6, 6.07) is 7.45. The zero-order valence-electron chi connectivity index (χ0n) is 10.2. The molecular weight excluding hydrogens is 230 g/mol. The van der Waals surface area contributed by atoms with Gasteiger partial charge in [0.2, 0.25) is 0 Å².